The van der Waals surface area contributed by atoms with Crippen molar-refractivity contribution in [2.75, 3.05) is 17.3 Å². The summed E-state index contributed by atoms with van der Waals surface area (Å²) >= 11 is 1.51. The van der Waals surface area contributed by atoms with Crippen LogP contribution < -0.4 is 10.2 Å². The number of nitrogens with one attached hydrogen (secondary N) is 1. The van der Waals surface area contributed by atoms with Crippen LogP contribution in [0.1, 0.15) is 5.56 Å². The third-order valence-corrected chi connectivity index (χ3v) is 3.34. The van der Waals surface area contributed by atoms with Crippen LogP contribution in [0, 0.1) is 0 Å². The molecule has 1 N–H and O–H groups in total. The number of aromatic nitrogens is 1. The summed E-state index contributed by atoms with van der Waals surface area (Å²) in [5.74, 6) is 1.07. The monoisotopic (exact) mass is 217 g/mol. The first-order valence-electron chi connectivity index (χ1n) is 4.86. The van der Waals surface area contributed by atoms with Gasteiger partial charge in [0.2, 0.25) is 0 Å². The SMILES string of the molecule is CN1c2ccccc2NCc2csnc21. The van der Waals surface area contributed by atoms with Crippen molar-refractivity contribution in [1.82, 2.24) is 4.37 Å². The van der Waals surface area contributed by atoms with Gasteiger partial charge in [0.15, 0.2) is 5.82 Å². The molecule has 0 fully saturated rings. The maximum atomic E-state index is 4.42. The molecule has 4 heteroatoms. The number of benzene rings is 1. The van der Waals surface area contributed by atoms with Crippen molar-refractivity contribution >= 4 is 28.7 Å². The number of hydrogen-bond acceptors (Lipinski definition) is 4. The van der Waals surface area contributed by atoms with Gasteiger partial charge in [0.05, 0.1) is 11.4 Å². The van der Waals surface area contributed by atoms with Gasteiger partial charge in [-0.1, -0.05) is 12.1 Å². The smallest absolute Gasteiger partial charge is 0.151 e. The predicted octanol–water partition coefficient (Wildman–Crippen LogP) is 2.84. The maximum absolute atomic E-state index is 4.42. The van der Waals surface area contributed by atoms with Gasteiger partial charge in [0.25, 0.3) is 0 Å². The van der Waals surface area contributed by atoms with Gasteiger partial charge in [-0.15, -0.1) is 0 Å². The second-order valence-electron chi connectivity index (χ2n) is 3.59. The van der Waals surface area contributed by atoms with Gasteiger partial charge in [0, 0.05) is 24.5 Å². The average Bonchev–Trinajstić information content (AvgIpc) is 2.69. The molecule has 3 nitrogen and oxygen atoms in total. The van der Waals surface area contributed by atoms with E-state index < -0.39 is 0 Å². The molecule has 0 atom stereocenters. The summed E-state index contributed by atoms with van der Waals surface area (Å²) in [6, 6.07) is 8.30. The summed E-state index contributed by atoms with van der Waals surface area (Å²) in [5, 5.41) is 5.52. The van der Waals surface area contributed by atoms with Gasteiger partial charge in [-0.3, -0.25) is 0 Å². The molecule has 0 amide bonds. The summed E-state index contributed by atoms with van der Waals surface area (Å²) in [6.45, 7) is 0.854. The largest absolute Gasteiger partial charge is 0.379 e. The topological polar surface area (TPSA) is 28.2 Å². The van der Waals surface area contributed by atoms with E-state index in [0.29, 0.717) is 0 Å². The Hall–Kier alpha value is -1.55. The molecular formula is C11H11N3S. The fraction of sp³-hybridized carbons (Fsp3) is 0.182. The lowest BCUT2D eigenvalue weighted by Crippen LogP contribution is -2.10. The first-order valence-corrected chi connectivity index (χ1v) is 5.70. The van der Waals surface area contributed by atoms with Crippen LogP contribution in [0.4, 0.5) is 17.2 Å². The number of hydrogen-bond donors (Lipinski definition) is 1. The van der Waals surface area contributed by atoms with E-state index in [1.807, 2.05) is 12.1 Å². The van der Waals surface area contributed by atoms with Crippen molar-refractivity contribution in [2.45, 2.75) is 6.54 Å². The molecule has 0 aliphatic carbocycles. The zero-order valence-electron chi connectivity index (χ0n) is 8.40. The minimum atomic E-state index is 0.854. The molecule has 0 saturated heterocycles. The molecule has 3 rings (SSSR count). The Bertz CT molecular complexity index is 492. The second-order valence-corrected chi connectivity index (χ2v) is 4.22. The summed E-state index contributed by atoms with van der Waals surface area (Å²) in [7, 11) is 2.06. The molecule has 1 aliphatic rings. The van der Waals surface area contributed by atoms with Gasteiger partial charge < -0.3 is 10.2 Å². The van der Waals surface area contributed by atoms with Crippen LogP contribution >= 0.6 is 11.5 Å². The summed E-state index contributed by atoms with van der Waals surface area (Å²) in [6.07, 6.45) is 0. The Labute approximate surface area is 92.5 Å². The molecule has 76 valence electrons. The fourth-order valence-electron chi connectivity index (χ4n) is 1.87. The molecule has 15 heavy (non-hydrogen) atoms. The number of anilines is 3. The number of rotatable bonds is 0. The second kappa shape index (κ2) is 3.24. The third-order valence-electron chi connectivity index (χ3n) is 2.67. The molecule has 2 heterocycles. The normalized spacial score (nSPS) is 13.8. The van der Waals surface area contributed by atoms with E-state index in [2.05, 4.69) is 39.2 Å². The lowest BCUT2D eigenvalue weighted by molar-refractivity contribution is 1.14. The highest BCUT2D eigenvalue weighted by molar-refractivity contribution is 7.04. The molecule has 1 aliphatic heterocycles. The maximum Gasteiger partial charge on any atom is 0.151 e. The molecule has 0 bridgehead atoms. The van der Waals surface area contributed by atoms with Crippen LogP contribution in [0.2, 0.25) is 0 Å². The van der Waals surface area contributed by atoms with Gasteiger partial charge in [-0.05, 0) is 23.7 Å². The van der Waals surface area contributed by atoms with E-state index in [9.17, 15) is 0 Å². The quantitative estimate of drug-likeness (QED) is 0.735. The molecule has 0 saturated carbocycles. The number of para-hydroxylation sites is 2. The fourth-order valence-corrected chi connectivity index (χ4v) is 2.58. The van der Waals surface area contributed by atoms with Crippen LogP contribution in [-0.4, -0.2) is 11.4 Å². The van der Waals surface area contributed by atoms with E-state index in [1.54, 1.807) is 0 Å². The van der Waals surface area contributed by atoms with Crippen molar-refractivity contribution in [3.8, 4) is 0 Å². The molecular weight excluding hydrogens is 206 g/mol. The summed E-state index contributed by atoms with van der Waals surface area (Å²) < 4.78 is 4.42. The predicted molar refractivity (Wildman–Crippen MR) is 63.9 cm³/mol. The van der Waals surface area contributed by atoms with Crippen molar-refractivity contribution in [3.05, 3.63) is 35.2 Å². The first kappa shape index (κ1) is 8.73. The number of fused-ring (bicyclic) bond motifs is 2. The van der Waals surface area contributed by atoms with Crippen LogP contribution in [0.3, 0.4) is 0 Å². The Morgan fingerprint density at radius 2 is 2.27 bits per heavy atom. The summed E-state index contributed by atoms with van der Waals surface area (Å²) in [4.78, 5) is 2.14. The van der Waals surface area contributed by atoms with Crippen LogP contribution in [0.15, 0.2) is 29.6 Å². The third kappa shape index (κ3) is 1.29. The van der Waals surface area contributed by atoms with E-state index in [1.165, 1.54) is 28.5 Å². The van der Waals surface area contributed by atoms with E-state index in [0.717, 1.165) is 12.4 Å². The Morgan fingerprint density at radius 3 is 3.20 bits per heavy atom. The number of nitrogens with zero attached hydrogens (tertiary/aromatic N) is 2. The van der Waals surface area contributed by atoms with Crippen molar-refractivity contribution in [3.63, 3.8) is 0 Å². The molecule has 0 unspecified atom stereocenters. The zero-order chi connectivity index (χ0) is 10.3. The van der Waals surface area contributed by atoms with Gasteiger partial charge in [0.1, 0.15) is 0 Å². The Kier molecular flexibility index (Phi) is 1.89. The highest BCUT2D eigenvalue weighted by Gasteiger charge is 2.18. The molecule has 2 aromatic rings. The van der Waals surface area contributed by atoms with Crippen LogP contribution in [-0.2, 0) is 6.54 Å². The van der Waals surface area contributed by atoms with Crippen molar-refractivity contribution in [1.29, 1.82) is 0 Å². The first-order chi connectivity index (χ1) is 7.36. The van der Waals surface area contributed by atoms with Gasteiger partial charge in [-0.2, -0.15) is 4.37 Å². The molecule has 1 aromatic carbocycles. The molecule has 0 radical (unpaired) electrons. The van der Waals surface area contributed by atoms with Crippen molar-refractivity contribution in [2.24, 2.45) is 0 Å². The minimum Gasteiger partial charge on any atom is -0.379 e. The Morgan fingerprint density at radius 1 is 1.40 bits per heavy atom. The highest BCUT2D eigenvalue weighted by atomic mass is 32.1. The zero-order valence-corrected chi connectivity index (χ0v) is 9.21. The van der Waals surface area contributed by atoms with Gasteiger partial charge in [-0.25, -0.2) is 0 Å². The lowest BCUT2D eigenvalue weighted by Gasteiger charge is -2.17. The standard InChI is InChI=1S/C11H11N3S/c1-14-10-5-3-2-4-9(10)12-6-8-7-15-13-11(8)14/h2-5,7,12H,6H2,1H3. The minimum absolute atomic E-state index is 0.854. The van der Waals surface area contributed by atoms with E-state index >= 15 is 0 Å². The molecule has 1 aromatic heterocycles. The van der Waals surface area contributed by atoms with Crippen LogP contribution in [0.5, 0.6) is 0 Å². The van der Waals surface area contributed by atoms with Gasteiger partial charge >= 0.3 is 0 Å². The highest BCUT2D eigenvalue weighted by Crippen LogP contribution is 2.35. The lowest BCUT2D eigenvalue weighted by atomic mass is 10.2. The summed E-state index contributed by atoms with van der Waals surface area (Å²) in [5.41, 5.74) is 3.61. The average molecular weight is 217 g/mol. The van der Waals surface area contributed by atoms with E-state index in [4.69, 9.17) is 0 Å². The van der Waals surface area contributed by atoms with Crippen molar-refractivity contribution < 1.29 is 0 Å². The Balaban J connectivity index is 2.18. The van der Waals surface area contributed by atoms with E-state index in [-0.39, 0.29) is 0 Å². The molecule has 0 spiro atoms. The van der Waals surface area contributed by atoms with Crippen LogP contribution in [0.25, 0.3) is 0 Å².